The van der Waals surface area contributed by atoms with E-state index in [0.29, 0.717) is 0 Å². The fourth-order valence-electron chi connectivity index (χ4n) is 3.28. The maximum absolute atomic E-state index is 12.4. The lowest BCUT2D eigenvalue weighted by Crippen LogP contribution is -2.53. The van der Waals surface area contributed by atoms with E-state index in [9.17, 15) is 4.79 Å². The lowest BCUT2D eigenvalue weighted by Gasteiger charge is -2.36. The summed E-state index contributed by atoms with van der Waals surface area (Å²) >= 11 is 1.64. The molecule has 1 unspecified atom stereocenters. The van der Waals surface area contributed by atoms with Gasteiger partial charge in [0.25, 0.3) is 0 Å². The summed E-state index contributed by atoms with van der Waals surface area (Å²) in [6, 6.07) is 2.11. The monoisotopic (exact) mass is 389 g/mol. The summed E-state index contributed by atoms with van der Waals surface area (Å²) in [7, 11) is 0. The van der Waals surface area contributed by atoms with Gasteiger partial charge in [-0.1, -0.05) is 0 Å². The first-order chi connectivity index (χ1) is 10.8. The van der Waals surface area contributed by atoms with Gasteiger partial charge in [0.15, 0.2) is 0 Å². The largest absolute Gasteiger partial charge is 0.352 e. The summed E-state index contributed by atoms with van der Waals surface area (Å²) in [5.41, 5.74) is 0. The van der Waals surface area contributed by atoms with E-state index in [-0.39, 0.29) is 36.8 Å². The van der Waals surface area contributed by atoms with Crippen LogP contribution in [0.3, 0.4) is 0 Å². The third kappa shape index (κ3) is 3.59. The van der Waals surface area contributed by atoms with Crippen molar-refractivity contribution in [2.45, 2.75) is 18.9 Å². The van der Waals surface area contributed by atoms with E-state index in [2.05, 4.69) is 26.3 Å². The van der Waals surface area contributed by atoms with Gasteiger partial charge < -0.3 is 15.1 Å². The molecule has 0 radical (unpaired) electrons. The van der Waals surface area contributed by atoms with Crippen LogP contribution < -0.4 is 10.2 Å². The Kier molecular flexibility index (Phi) is 6.62. The second kappa shape index (κ2) is 8.29. The Morgan fingerprint density at radius 3 is 2.71 bits per heavy atom. The molecule has 0 saturated carbocycles. The summed E-state index contributed by atoms with van der Waals surface area (Å²) in [5.74, 6) is 1.26. The summed E-state index contributed by atoms with van der Waals surface area (Å²) in [6.07, 6.45) is 3.71. The highest BCUT2D eigenvalue weighted by Crippen LogP contribution is 2.27. The Morgan fingerprint density at radius 1 is 1.21 bits per heavy atom. The molecule has 2 fully saturated rings. The number of carbonyl (C=O) groups excluding carboxylic acids is 1. The van der Waals surface area contributed by atoms with Crippen molar-refractivity contribution in [1.82, 2.24) is 20.2 Å². The molecule has 132 valence electrons. The maximum Gasteiger partial charge on any atom is 0.239 e. The number of hydrogen-bond acceptors (Lipinski definition) is 6. The predicted molar refractivity (Wildman–Crippen MR) is 102 cm³/mol. The first-order valence-corrected chi connectivity index (χ1v) is 8.66. The normalized spacial score (nSPS) is 20.6. The molecule has 4 heterocycles. The van der Waals surface area contributed by atoms with Crippen LogP contribution in [0.2, 0.25) is 0 Å². The van der Waals surface area contributed by atoms with Crippen LogP contribution in [0.4, 0.5) is 5.82 Å². The minimum atomic E-state index is 0. The molecule has 0 aliphatic carbocycles. The molecule has 2 aliphatic rings. The smallest absolute Gasteiger partial charge is 0.239 e. The van der Waals surface area contributed by atoms with Crippen molar-refractivity contribution in [1.29, 1.82) is 0 Å². The van der Waals surface area contributed by atoms with Gasteiger partial charge in [0.1, 0.15) is 17.0 Å². The molecular formula is C15H21Cl2N5OS. The number of aromatic nitrogens is 2. The lowest BCUT2D eigenvalue weighted by atomic mass is 10.2. The van der Waals surface area contributed by atoms with E-state index < -0.39 is 0 Å². The zero-order chi connectivity index (χ0) is 14.9. The van der Waals surface area contributed by atoms with Crippen LogP contribution in [0.1, 0.15) is 12.8 Å². The van der Waals surface area contributed by atoms with E-state index >= 15 is 0 Å². The summed E-state index contributed by atoms with van der Waals surface area (Å²) in [6.45, 7) is 4.17. The molecule has 2 aliphatic heterocycles. The van der Waals surface area contributed by atoms with Gasteiger partial charge in [-0.2, -0.15) is 0 Å². The van der Waals surface area contributed by atoms with Gasteiger partial charge in [-0.3, -0.25) is 4.79 Å². The highest BCUT2D eigenvalue weighted by atomic mass is 35.5. The first-order valence-electron chi connectivity index (χ1n) is 7.78. The second-order valence-electron chi connectivity index (χ2n) is 5.80. The van der Waals surface area contributed by atoms with Gasteiger partial charge >= 0.3 is 0 Å². The average molecular weight is 390 g/mol. The molecule has 2 aromatic heterocycles. The summed E-state index contributed by atoms with van der Waals surface area (Å²) in [4.78, 5) is 26.5. The summed E-state index contributed by atoms with van der Waals surface area (Å²) in [5, 5.41) is 6.46. The number of thiophene rings is 1. The number of fused-ring (bicyclic) bond motifs is 1. The van der Waals surface area contributed by atoms with Gasteiger partial charge in [0, 0.05) is 26.2 Å². The van der Waals surface area contributed by atoms with Crippen molar-refractivity contribution in [3.63, 3.8) is 0 Å². The molecule has 6 nitrogen and oxygen atoms in total. The molecule has 0 bridgehead atoms. The number of carbonyl (C=O) groups is 1. The first kappa shape index (κ1) is 19.2. The number of nitrogens with one attached hydrogen (secondary N) is 1. The van der Waals surface area contributed by atoms with Gasteiger partial charge in [-0.05, 0) is 30.8 Å². The number of anilines is 1. The molecule has 2 saturated heterocycles. The quantitative estimate of drug-likeness (QED) is 0.849. The van der Waals surface area contributed by atoms with Crippen LogP contribution in [0, 0.1) is 0 Å². The van der Waals surface area contributed by atoms with Gasteiger partial charge in [-0.15, -0.1) is 36.2 Å². The zero-order valence-electron chi connectivity index (χ0n) is 13.2. The number of amides is 1. The minimum absolute atomic E-state index is 0. The Labute approximate surface area is 157 Å². The highest BCUT2D eigenvalue weighted by Gasteiger charge is 2.29. The fourth-order valence-corrected chi connectivity index (χ4v) is 4.01. The summed E-state index contributed by atoms with van der Waals surface area (Å²) < 4.78 is 0. The number of hydrogen-bond donors (Lipinski definition) is 1. The van der Waals surface area contributed by atoms with E-state index in [1.165, 1.54) is 0 Å². The van der Waals surface area contributed by atoms with Crippen LogP contribution in [-0.2, 0) is 4.79 Å². The SMILES string of the molecule is Cl.Cl.O=C(C1CCCN1)N1CCN(c2ncnc3sccc23)CC1. The van der Waals surface area contributed by atoms with Crippen LogP contribution in [0.15, 0.2) is 17.8 Å². The zero-order valence-corrected chi connectivity index (χ0v) is 15.6. The molecular weight excluding hydrogens is 369 g/mol. The lowest BCUT2D eigenvalue weighted by molar-refractivity contribution is -0.133. The van der Waals surface area contributed by atoms with Crippen molar-refractivity contribution in [3.05, 3.63) is 17.8 Å². The van der Waals surface area contributed by atoms with Crippen molar-refractivity contribution < 1.29 is 4.79 Å². The predicted octanol–water partition coefficient (Wildman–Crippen LogP) is 1.94. The molecule has 1 amide bonds. The number of piperazine rings is 1. The fraction of sp³-hybridized carbons (Fsp3) is 0.533. The Hall–Kier alpha value is -1.15. The molecule has 0 spiro atoms. The van der Waals surface area contributed by atoms with E-state index in [0.717, 1.165) is 61.6 Å². The second-order valence-corrected chi connectivity index (χ2v) is 6.69. The number of rotatable bonds is 2. The van der Waals surface area contributed by atoms with Gasteiger partial charge in [0.2, 0.25) is 5.91 Å². The van der Waals surface area contributed by atoms with Gasteiger partial charge in [-0.25, -0.2) is 9.97 Å². The molecule has 0 aromatic carbocycles. The van der Waals surface area contributed by atoms with Crippen molar-refractivity contribution >= 4 is 58.1 Å². The molecule has 1 atom stereocenters. The van der Waals surface area contributed by atoms with Crippen LogP contribution in [0.25, 0.3) is 10.2 Å². The Morgan fingerprint density at radius 2 is 2.00 bits per heavy atom. The number of halogens is 2. The standard InChI is InChI=1S/C15H19N5OS.2ClH/c21-15(12-2-1-4-16-12)20-7-5-19(6-8-20)13-11-3-9-22-14(11)18-10-17-13;;/h3,9-10,12,16H,1-2,4-8H2;2*1H. The van der Waals surface area contributed by atoms with E-state index in [4.69, 9.17) is 0 Å². The van der Waals surface area contributed by atoms with Crippen LogP contribution >= 0.6 is 36.2 Å². The Bertz CT molecular complexity index is 683. The third-order valence-electron chi connectivity index (χ3n) is 4.49. The molecule has 4 rings (SSSR count). The van der Waals surface area contributed by atoms with Crippen molar-refractivity contribution in [2.24, 2.45) is 0 Å². The molecule has 9 heteroatoms. The van der Waals surface area contributed by atoms with Gasteiger partial charge in [0.05, 0.1) is 11.4 Å². The van der Waals surface area contributed by atoms with E-state index in [1.807, 2.05) is 10.3 Å². The molecule has 2 aromatic rings. The molecule has 24 heavy (non-hydrogen) atoms. The number of nitrogens with zero attached hydrogens (tertiary/aromatic N) is 4. The minimum Gasteiger partial charge on any atom is -0.352 e. The highest BCUT2D eigenvalue weighted by molar-refractivity contribution is 7.16. The van der Waals surface area contributed by atoms with Crippen LogP contribution in [-0.4, -0.2) is 59.5 Å². The third-order valence-corrected chi connectivity index (χ3v) is 5.31. The average Bonchev–Trinajstić information content (AvgIpc) is 3.25. The van der Waals surface area contributed by atoms with Crippen molar-refractivity contribution in [3.8, 4) is 0 Å². The van der Waals surface area contributed by atoms with Crippen LogP contribution in [0.5, 0.6) is 0 Å². The maximum atomic E-state index is 12.4. The topological polar surface area (TPSA) is 61.4 Å². The Balaban J connectivity index is 0.00000104. The van der Waals surface area contributed by atoms with Crippen molar-refractivity contribution in [2.75, 3.05) is 37.6 Å². The molecule has 1 N–H and O–H groups in total. The van der Waals surface area contributed by atoms with E-state index in [1.54, 1.807) is 17.7 Å².